The van der Waals surface area contributed by atoms with Gasteiger partial charge in [0.1, 0.15) is 0 Å². The maximum atomic E-state index is 10.5. The van der Waals surface area contributed by atoms with E-state index in [0.717, 1.165) is 36.7 Å². The van der Waals surface area contributed by atoms with E-state index >= 15 is 0 Å². The summed E-state index contributed by atoms with van der Waals surface area (Å²) >= 11 is 1.88. The second-order valence-corrected chi connectivity index (χ2v) is 7.08. The number of hydrogen-bond acceptors (Lipinski definition) is 3. The van der Waals surface area contributed by atoms with Crippen LogP contribution in [0.3, 0.4) is 0 Å². The highest BCUT2D eigenvalue weighted by Crippen LogP contribution is 2.22. The van der Waals surface area contributed by atoms with Crippen molar-refractivity contribution >= 4 is 29.1 Å². The number of hydrogen-bond donors (Lipinski definition) is 2. The topological polar surface area (TPSA) is 49.3 Å². The van der Waals surface area contributed by atoms with Crippen LogP contribution in [-0.2, 0) is 11.2 Å². The molecule has 3 nitrogen and oxygen atoms in total. The molecule has 2 aromatic rings. The first-order valence-electron chi connectivity index (χ1n) is 7.85. The molecule has 0 atom stereocenters. The van der Waals surface area contributed by atoms with Gasteiger partial charge in [-0.25, -0.2) is 4.79 Å². The molecule has 1 aromatic carbocycles. The lowest BCUT2D eigenvalue weighted by atomic mass is 10.1. The van der Waals surface area contributed by atoms with Crippen molar-refractivity contribution in [1.82, 2.24) is 0 Å². The summed E-state index contributed by atoms with van der Waals surface area (Å²) in [5.74, 6) is -0.928. The van der Waals surface area contributed by atoms with Crippen LogP contribution < -0.4 is 5.32 Å². The van der Waals surface area contributed by atoms with Crippen molar-refractivity contribution in [2.45, 2.75) is 33.1 Å². The SMILES string of the molecule is Cc1cc(CCCCNc2ccc(/C=C/C(=O)O)cc2)c(C)s1. The summed E-state index contributed by atoms with van der Waals surface area (Å²) in [7, 11) is 0. The number of carboxylic acid groups (broad SMARTS) is 1. The van der Waals surface area contributed by atoms with Crippen LogP contribution in [0.25, 0.3) is 6.08 Å². The van der Waals surface area contributed by atoms with E-state index in [1.165, 1.54) is 21.7 Å². The summed E-state index contributed by atoms with van der Waals surface area (Å²) in [5.41, 5.74) is 3.45. The zero-order chi connectivity index (χ0) is 16.7. The molecular weight excluding hydrogens is 306 g/mol. The maximum Gasteiger partial charge on any atom is 0.328 e. The van der Waals surface area contributed by atoms with Crippen LogP contribution in [0.1, 0.15) is 33.7 Å². The number of aliphatic carboxylic acids is 1. The fraction of sp³-hybridized carbons (Fsp3) is 0.316. The number of nitrogens with one attached hydrogen (secondary N) is 1. The number of benzene rings is 1. The Kier molecular flexibility index (Phi) is 6.41. The lowest BCUT2D eigenvalue weighted by Crippen LogP contribution is -2.02. The molecule has 1 heterocycles. The molecule has 0 unspecified atom stereocenters. The Morgan fingerprint density at radius 2 is 1.96 bits per heavy atom. The maximum absolute atomic E-state index is 10.5. The minimum absolute atomic E-state index is 0.890. The minimum Gasteiger partial charge on any atom is -0.478 e. The second-order valence-electron chi connectivity index (χ2n) is 5.62. The molecular formula is C19H23NO2S. The Labute approximate surface area is 141 Å². The number of carbonyl (C=O) groups is 1. The third-order valence-electron chi connectivity index (χ3n) is 3.67. The molecule has 0 aliphatic rings. The number of anilines is 1. The fourth-order valence-corrected chi connectivity index (χ4v) is 3.46. The van der Waals surface area contributed by atoms with Crippen molar-refractivity contribution in [2.24, 2.45) is 0 Å². The van der Waals surface area contributed by atoms with Crippen molar-refractivity contribution < 1.29 is 9.90 Å². The van der Waals surface area contributed by atoms with E-state index in [4.69, 9.17) is 5.11 Å². The van der Waals surface area contributed by atoms with Crippen molar-refractivity contribution in [3.63, 3.8) is 0 Å². The largest absolute Gasteiger partial charge is 0.478 e. The van der Waals surface area contributed by atoms with Crippen LogP contribution in [-0.4, -0.2) is 17.6 Å². The molecule has 0 radical (unpaired) electrons. The van der Waals surface area contributed by atoms with Gasteiger partial charge < -0.3 is 10.4 Å². The summed E-state index contributed by atoms with van der Waals surface area (Å²) in [5, 5.41) is 12.0. The lowest BCUT2D eigenvalue weighted by molar-refractivity contribution is -0.131. The molecule has 0 aliphatic carbocycles. The van der Waals surface area contributed by atoms with E-state index in [0.29, 0.717) is 0 Å². The van der Waals surface area contributed by atoms with E-state index in [1.807, 2.05) is 35.6 Å². The average molecular weight is 329 g/mol. The summed E-state index contributed by atoms with van der Waals surface area (Å²) < 4.78 is 0. The molecule has 4 heteroatoms. The third kappa shape index (κ3) is 5.91. The van der Waals surface area contributed by atoms with Gasteiger partial charge in [0, 0.05) is 28.1 Å². The first-order chi connectivity index (χ1) is 11.0. The van der Waals surface area contributed by atoms with E-state index in [1.54, 1.807) is 6.08 Å². The first-order valence-corrected chi connectivity index (χ1v) is 8.67. The van der Waals surface area contributed by atoms with Gasteiger partial charge in [-0.05, 0) is 68.5 Å². The Balaban J connectivity index is 1.70. The van der Waals surface area contributed by atoms with Gasteiger partial charge in [-0.3, -0.25) is 0 Å². The number of thiophene rings is 1. The Morgan fingerprint density at radius 3 is 2.57 bits per heavy atom. The van der Waals surface area contributed by atoms with Crippen LogP contribution >= 0.6 is 11.3 Å². The Morgan fingerprint density at radius 1 is 1.22 bits per heavy atom. The van der Waals surface area contributed by atoms with E-state index in [2.05, 4.69) is 25.2 Å². The normalized spacial score (nSPS) is 11.0. The van der Waals surface area contributed by atoms with Gasteiger partial charge in [0.05, 0.1) is 0 Å². The average Bonchev–Trinajstić information content (AvgIpc) is 2.84. The van der Waals surface area contributed by atoms with Gasteiger partial charge in [-0.2, -0.15) is 0 Å². The summed E-state index contributed by atoms with van der Waals surface area (Å²) in [6, 6.07) is 10.1. The van der Waals surface area contributed by atoms with E-state index in [9.17, 15) is 4.79 Å². The van der Waals surface area contributed by atoms with Crippen LogP contribution in [0.4, 0.5) is 5.69 Å². The van der Waals surface area contributed by atoms with Crippen LogP contribution in [0.15, 0.2) is 36.4 Å². The van der Waals surface area contributed by atoms with Crippen LogP contribution in [0.5, 0.6) is 0 Å². The molecule has 2 N–H and O–H groups in total. The van der Waals surface area contributed by atoms with E-state index in [-0.39, 0.29) is 0 Å². The zero-order valence-corrected chi connectivity index (χ0v) is 14.5. The monoisotopic (exact) mass is 329 g/mol. The molecule has 0 amide bonds. The number of unbranched alkanes of at least 4 members (excludes halogenated alkanes) is 1. The fourth-order valence-electron chi connectivity index (χ4n) is 2.48. The molecule has 0 fully saturated rings. The molecule has 2 rings (SSSR count). The summed E-state index contributed by atoms with van der Waals surface area (Å²) in [4.78, 5) is 13.3. The number of rotatable bonds is 8. The molecule has 0 spiro atoms. The van der Waals surface area contributed by atoms with Gasteiger partial charge in [0.2, 0.25) is 0 Å². The molecule has 0 saturated carbocycles. The Bertz CT molecular complexity index is 671. The predicted molar refractivity (Wildman–Crippen MR) is 98.3 cm³/mol. The quantitative estimate of drug-likeness (QED) is 0.535. The van der Waals surface area contributed by atoms with Gasteiger partial charge >= 0.3 is 5.97 Å². The van der Waals surface area contributed by atoms with Crippen molar-refractivity contribution in [2.75, 3.05) is 11.9 Å². The standard InChI is InChI=1S/C19H23NO2S/c1-14-13-17(15(2)23-14)5-3-4-12-20-18-9-6-16(7-10-18)8-11-19(21)22/h6-11,13,20H,3-5,12H2,1-2H3,(H,21,22)/b11-8+. The van der Waals surface area contributed by atoms with Crippen molar-refractivity contribution in [1.29, 1.82) is 0 Å². The molecule has 0 aliphatic heterocycles. The molecule has 1 aromatic heterocycles. The first kappa shape index (κ1) is 17.3. The predicted octanol–water partition coefficient (Wildman–Crippen LogP) is 4.90. The Hall–Kier alpha value is -2.07. The van der Waals surface area contributed by atoms with Crippen molar-refractivity contribution in [3.8, 4) is 0 Å². The third-order valence-corrected chi connectivity index (χ3v) is 4.68. The van der Waals surface area contributed by atoms with Gasteiger partial charge in [0.25, 0.3) is 0 Å². The van der Waals surface area contributed by atoms with Gasteiger partial charge in [0.15, 0.2) is 0 Å². The van der Waals surface area contributed by atoms with Gasteiger partial charge in [-0.1, -0.05) is 12.1 Å². The second kappa shape index (κ2) is 8.53. The smallest absolute Gasteiger partial charge is 0.328 e. The summed E-state index contributed by atoms with van der Waals surface area (Å²) in [6.07, 6.45) is 6.21. The highest BCUT2D eigenvalue weighted by atomic mass is 32.1. The zero-order valence-electron chi connectivity index (χ0n) is 13.6. The molecule has 0 bridgehead atoms. The highest BCUT2D eigenvalue weighted by molar-refractivity contribution is 7.12. The summed E-state index contributed by atoms with van der Waals surface area (Å²) in [6.45, 7) is 5.32. The number of carboxylic acids is 1. The lowest BCUT2D eigenvalue weighted by Gasteiger charge is -2.06. The van der Waals surface area contributed by atoms with Gasteiger partial charge in [-0.15, -0.1) is 11.3 Å². The highest BCUT2D eigenvalue weighted by Gasteiger charge is 2.02. The van der Waals surface area contributed by atoms with Crippen LogP contribution in [0.2, 0.25) is 0 Å². The molecule has 0 saturated heterocycles. The van der Waals surface area contributed by atoms with Crippen LogP contribution in [0, 0.1) is 13.8 Å². The molecule has 23 heavy (non-hydrogen) atoms. The van der Waals surface area contributed by atoms with Crippen molar-refractivity contribution in [3.05, 3.63) is 57.3 Å². The minimum atomic E-state index is -0.928. The molecule has 122 valence electrons. The number of aryl methyl sites for hydroxylation is 3. The van der Waals surface area contributed by atoms with E-state index < -0.39 is 5.97 Å².